The van der Waals surface area contributed by atoms with Crippen LogP contribution in [-0.2, 0) is 14.4 Å². The Labute approximate surface area is 228 Å². The number of amides is 5. The number of thioether (sulfide) groups is 1. The number of urea groups is 1. The number of likely N-dealkylation sites (N-methyl/N-ethyl adjacent to an activating group) is 1. The summed E-state index contributed by atoms with van der Waals surface area (Å²) in [4.78, 5) is 52.5. The van der Waals surface area contributed by atoms with Gasteiger partial charge in [-0.1, -0.05) is 0 Å². The molecule has 2 aliphatic heterocycles. The van der Waals surface area contributed by atoms with Crippen molar-refractivity contribution >= 4 is 46.9 Å². The van der Waals surface area contributed by atoms with Crippen LogP contribution in [0.5, 0.6) is 0 Å². The Morgan fingerprint density at radius 3 is 2.34 bits per heavy atom. The number of hydrogen-bond donors (Lipinski definition) is 6. The number of likely N-dealkylation sites (tertiary alicyclic amines) is 1. The lowest BCUT2D eigenvalue weighted by Gasteiger charge is -2.26. The first-order chi connectivity index (χ1) is 18.3. The van der Waals surface area contributed by atoms with Crippen molar-refractivity contribution in [1.29, 1.82) is 0 Å². The lowest BCUT2D eigenvalue weighted by Crippen LogP contribution is -2.53. The van der Waals surface area contributed by atoms with E-state index in [2.05, 4.69) is 31.5 Å². The lowest BCUT2D eigenvalue weighted by atomic mass is 10.2. The molecule has 12 nitrogen and oxygen atoms in total. The van der Waals surface area contributed by atoms with Gasteiger partial charge in [-0.2, -0.15) is 0 Å². The van der Waals surface area contributed by atoms with Crippen molar-refractivity contribution in [2.45, 2.75) is 43.4 Å². The maximum absolute atomic E-state index is 12.9. The summed E-state index contributed by atoms with van der Waals surface area (Å²) >= 11 is 1.37. The topological polar surface area (TPSA) is 161 Å². The normalized spacial score (nSPS) is 20.2. The fourth-order valence-corrected chi connectivity index (χ4v) is 5.88. The van der Waals surface area contributed by atoms with E-state index in [4.69, 9.17) is 5.73 Å². The zero-order valence-corrected chi connectivity index (χ0v) is 22.9. The van der Waals surface area contributed by atoms with Crippen LogP contribution in [0.3, 0.4) is 0 Å². The molecule has 7 N–H and O–H groups in total. The van der Waals surface area contributed by atoms with E-state index in [1.807, 2.05) is 19.1 Å². The highest BCUT2D eigenvalue weighted by Gasteiger charge is 2.44. The van der Waals surface area contributed by atoms with Gasteiger partial charge in [0, 0.05) is 57.6 Å². The average molecular weight is 549 g/mol. The molecule has 2 aliphatic rings. The third kappa shape index (κ3) is 8.77. The second kappa shape index (κ2) is 14.8. The van der Waals surface area contributed by atoms with Gasteiger partial charge in [-0.05, 0) is 57.1 Å². The summed E-state index contributed by atoms with van der Waals surface area (Å²) in [5.74, 6) is -0.607. The molecule has 1 aromatic carbocycles. The first-order valence-corrected chi connectivity index (χ1v) is 14.1. The minimum absolute atomic E-state index is 0.0691. The maximum atomic E-state index is 12.9. The van der Waals surface area contributed by atoms with Gasteiger partial charge in [0.05, 0.1) is 0 Å². The van der Waals surface area contributed by atoms with E-state index in [0.29, 0.717) is 31.9 Å². The van der Waals surface area contributed by atoms with Crippen LogP contribution in [0.15, 0.2) is 24.3 Å². The number of nitrogens with two attached hydrogens (primary N) is 1. The van der Waals surface area contributed by atoms with Gasteiger partial charge in [-0.3, -0.25) is 14.4 Å². The third-order valence-electron chi connectivity index (χ3n) is 6.46. The molecule has 0 radical (unpaired) electrons. The van der Waals surface area contributed by atoms with E-state index in [-0.39, 0.29) is 30.3 Å². The van der Waals surface area contributed by atoms with Crippen LogP contribution in [0.4, 0.5) is 16.2 Å². The van der Waals surface area contributed by atoms with E-state index in [0.717, 1.165) is 25.3 Å². The SMILES string of the molecule is CCN1C(=O)[C@@H](CNc2ccc(NC(=O)NCCN3CCCC3)cc2)SC1[C@H](N)C(=O)NCCNC(C)=O. The molecule has 5 amide bonds. The Bertz CT molecular complexity index is 957. The van der Waals surface area contributed by atoms with Crippen molar-refractivity contribution < 1.29 is 19.2 Å². The smallest absolute Gasteiger partial charge is 0.319 e. The number of carbonyl (C=O) groups excluding carboxylic acids is 4. The Morgan fingerprint density at radius 2 is 1.68 bits per heavy atom. The van der Waals surface area contributed by atoms with E-state index in [1.165, 1.54) is 31.5 Å². The van der Waals surface area contributed by atoms with Gasteiger partial charge < -0.3 is 42.1 Å². The predicted molar refractivity (Wildman–Crippen MR) is 150 cm³/mol. The van der Waals surface area contributed by atoms with Crippen molar-refractivity contribution in [3.63, 3.8) is 0 Å². The molecule has 0 aromatic heterocycles. The number of nitrogens with zero attached hydrogens (tertiary/aromatic N) is 2. The van der Waals surface area contributed by atoms with Crippen molar-refractivity contribution in [1.82, 2.24) is 25.8 Å². The predicted octanol–water partition coefficient (Wildman–Crippen LogP) is 0.185. The van der Waals surface area contributed by atoms with Gasteiger partial charge in [0.25, 0.3) is 0 Å². The minimum Gasteiger partial charge on any atom is -0.383 e. The average Bonchev–Trinajstić information content (AvgIpc) is 3.53. The van der Waals surface area contributed by atoms with Crippen LogP contribution >= 0.6 is 11.8 Å². The van der Waals surface area contributed by atoms with E-state index < -0.39 is 16.7 Å². The van der Waals surface area contributed by atoms with Gasteiger partial charge in [-0.15, -0.1) is 11.8 Å². The summed E-state index contributed by atoms with van der Waals surface area (Å²) in [5, 5.41) is 13.4. The molecule has 1 unspecified atom stereocenters. The molecule has 0 aliphatic carbocycles. The maximum Gasteiger partial charge on any atom is 0.319 e. The number of anilines is 2. The van der Waals surface area contributed by atoms with Crippen LogP contribution < -0.4 is 32.3 Å². The standard InChI is InChI=1S/C25H40N8O4S/c1-3-33-23(36)20(38-24(33)21(26)22(35)28-11-10-27-17(2)34)16-30-18-6-8-19(9-7-18)31-25(37)29-12-15-32-13-4-5-14-32/h6-9,20-21,24,30H,3-5,10-16,26H2,1-2H3,(H,27,34)(H,28,35)(H2,29,31,37)/t20-,21-,24?/m1/s1. The molecule has 1 aromatic rings. The van der Waals surface area contributed by atoms with Crippen LogP contribution in [0.1, 0.15) is 26.7 Å². The Balaban J connectivity index is 1.42. The summed E-state index contributed by atoms with van der Waals surface area (Å²) < 4.78 is 0. The second-order valence-corrected chi connectivity index (χ2v) is 10.7. The van der Waals surface area contributed by atoms with Gasteiger partial charge in [0.15, 0.2) is 0 Å². The molecule has 3 rings (SSSR count). The van der Waals surface area contributed by atoms with E-state index >= 15 is 0 Å². The first kappa shape index (κ1) is 29.5. The summed E-state index contributed by atoms with van der Waals surface area (Å²) in [6.45, 7) is 8.32. The molecule has 2 fully saturated rings. The third-order valence-corrected chi connectivity index (χ3v) is 7.99. The monoisotopic (exact) mass is 548 g/mol. The second-order valence-electron chi connectivity index (χ2n) is 9.33. The molecule has 3 atom stereocenters. The summed E-state index contributed by atoms with van der Waals surface area (Å²) in [5.41, 5.74) is 7.69. The number of rotatable bonds is 13. The molecule has 38 heavy (non-hydrogen) atoms. The van der Waals surface area contributed by atoms with Crippen molar-refractivity contribution in [2.24, 2.45) is 5.73 Å². The minimum atomic E-state index is -0.891. The first-order valence-electron chi connectivity index (χ1n) is 13.1. The zero-order chi connectivity index (χ0) is 27.5. The lowest BCUT2D eigenvalue weighted by molar-refractivity contribution is -0.131. The fourth-order valence-electron chi connectivity index (χ4n) is 4.42. The molecule has 0 bridgehead atoms. The zero-order valence-electron chi connectivity index (χ0n) is 22.1. The Kier molecular flexibility index (Phi) is 11.5. The van der Waals surface area contributed by atoms with Gasteiger partial charge >= 0.3 is 6.03 Å². The Morgan fingerprint density at radius 1 is 1.03 bits per heavy atom. The summed E-state index contributed by atoms with van der Waals surface area (Å²) in [6, 6.07) is 6.15. The number of nitrogens with one attached hydrogen (secondary N) is 5. The van der Waals surface area contributed by atoms with Gasteiger partial charge in [0.1, 0.15) is 16.7 Å². The highest BCUT2D eigenvalue weighted by molar-refractivity contribution is 8.01. The summed E-state index contributed by atoms with van der Waals surface area (Å²) in [7, 11) is 0. The van der Waals surface area contributed by atoms with Crippen LogP contribution in [0.25, 0.3) is 0 Å². The molecule has 2 heterocycles. The molecule has 13 heteroatoms. The van der Waals surface area contributed by atoms with Crippen LogP contribution in [0, 0.1) is 0 Å². The highest BCUT2D eigenvalue weighted by Crippen LogP contribution is 2.33. The van der Waals surface area contributed by atoms with Crippen molar-refractivity contribution in [3.8, 4) is 0 Å². The molecule has 0 saturated carbocycles. The van der Waals surface area contributed by atoms with E-state index in [1.54, 1.807) is 17.0 Å². The highest BCUT2D eigenvalue weighted by atomic mass is 32.2. The number of carbonyl (C=O) groups is 4. The number of hydrogen-bond acceptors (Lipinski definition) is 8. The summed E-state index contributed by atoms with van der Waals surface area (Å²) in [6.07, 6.45) is 2.45. The van der Waals surface area contributed by atoms with E-state index in [9.17, 15) is 19.2 Å². The van der Waals surface area contributed by atoms with Crippen molar-refractivity contribution in [3.05, 3.63) is 24.3 Å². The largest absolute Gasteiger partial charge is 0.383 e. The Hall–Kier alpha value is -3.03. The molecule has 210 valence electrons. The van der Waals surface area contributed by atoms with Crippen molar-refractivity contribution in [2.75, 3.05) is 63.0 Å². The molecule has 2 saturated heterocycles. The molecular formula is C25H40N8O4S. The molecule has 0 spiro atoms. The quantitative estimate of drug-likeness (QED) is 0.190. The fraction of sp³-hybridized carbons (Fsp3) is 0.600. The van der Waals surface area contributed by atoms with Gasteiger partial charge in [-0.25, -0.2) is 4.79 Å². The van der Waals surface area contributed by atoms with Gasteiger partial charge in [0.2, 0.25) is 17.7 Å². The van der Waals surface area contributed by atoms with Crippen LogP contribution in [-0.4, -0.2) is 103 Å². The number of benzene rings is 1. The van der Waals surface area contributed by atoms with Crippen LogP contribution in [0.2, 0.25) is 0 Å². The molecular weight excluding hydrogens is 508 g/mol.